The maximum absolute atomic E-state index is 11.7. The maximum Gasteiger partial charge on any atom is 0.314 e. The number of rotatable bonds is 4. The molecule has 0 fully saturated rings. The summed E-state index contributed by atoms with van der Waals surface area (Å²) in [6.45, 7) is 3.81. The third-order valence-corrected chi connectivity index (χ3v) is 3.56. The molecule has 1 N–H and O–H groups in total. The van der Waals surface area contributed by atoms with Crippen molar-refractivity contribution in [3.05, 3.63) is 71.3 Å². The molecule has 0 bridgehead atoms. The van der Waals surface area contributed by atoms with Crippen LogP contribution >= 0.6 is 0 Å². The molecule has 98 valence electrons. The summed E-state index contributed by atoms with van der Waals surface area (Å²) in [5, 5.41) is 9.60. The van der Waals surface area contributed by atoms with E-state index >= 15 is 0 Å². The number of aliphatic carboxylic acids is 1. The first-order chi connectivity index (χ1) is 9.02. The molecule has 0 aliphatic heterocycles. The molecule has 2 heteroatoms. The minimum absolute atomic E-state index is 0.493. The zero-order valence-electron chi connectivity index (χ0n) is 11.3. The highest BCUT2D eigenvalue weighted by Crippen LogP contribution is 2.28. The van der Waals surface area contributed by atoms with E-state index in [0.29, 0.717) is 6.42 Å². The quantitative estimate of drug-likeness (QED) is 0.905. The molecule has 2 aromatic rings. The van der Waals surface area contributed by atoms with E-state index in [1.54, 1.807) is 6.92 Å². The first kappa shape index (κ1) is 13.3. The van der Waals surface area contributed by atoms with Crippen molar-refractivity contribution < 1.29 is 9.90 Å². The van der Waals surface area contributed by atoms with Crippen molar-refractivity contribution in [2.75, 3.05) is 0 Å². The largest absolute Gasteiger partial charge is 0.481 e. The number of carboxylic acid groups (broad SMARTS) is 1. The van der Waals surface area contributed by atoms with Crippen LogP contribution in [0, 0.1) is 6.92 Å². The molecule has 2 rings (SSSR count). The Morgan fingerprint density at radius 3 is 2.16 bits per heavy atom. The van der Waals surface area contributed by atoms with Crippen LogP contribution in [0.5, 0.6) is 0 Å². The van der Waals surface area contributed by atoms with Crippen LogP contribution < -0.4 is 0 Å². The molecule has 0 heterocycles. The summed E-state index contributed by atoms with van der Waals surface area (Å²) in [6, 6.07) is 17.4. The Labute approximate surface area is 113 Å². The lowest BCUT2D eigenvalue weighted by atomic mass is 9.77. The zero-order chi connectivity index (χ0) is 13.9. The first-order valence-corrected chi connectivity index (χ1v) is 6.37. The second-order valence-corrected chi connectivity index (χ2v) is 5.17. The fourth-order valence-corrected chi connectivity index (χ4v) is 2.22. The minimum atomic E-state index is -0.892. The summed E-state index contributed by atoms with van der Waals surface area (Å²) in [6.07, 6.45) is 0.493. The summed E-state index contributed by atoms with van der Waals surface area (Å²) in [4.78, 5) is 11.7. The number of hydrogen-bond acceptors (Lipinski definition) is 1. The molecule has 0 saturated heterocycles. The van der Waals surface area contributed by atoms with Crippen LogP contribution in [0.2, 0.25) is 0 Å². The molecule has 0 aliphatic carbocycles. The van der Waals surface area contributed by atoms with E-state index in [-0.39, 0.29) is 0 Å². The van der Waals surface area contributed by atoms with Gasteiger partial charge in [0.2, 0.25) is 0 Å². The van der Waals surface area contributed by atoms with Crippen molar-refractivity contribution in [1.82, 2.24) is 0 Å². The van der Waals surface area contributed by atoms with Crippen LogP contribution in [-0.2, 0) is 16.6 Å². The Bertz CT molecular complexity index is 558. The Balaban J connectivity index is 2.36. The number of carboxylic acids is 1. The van der Waals surface area contributed by atoms with Gasteiger partial charge in [-0.3, -0.25) is 4.79 Å². The third-order valence-electron chi connectivity index (χ3n) is 3.56. The van der Waals surface area contributed by atoms with Gasteiger partial charge < -0.3 is 5.11 Å². The van der Waals surface area contributed by atoms with Gasteiger partial charge in [-0.05, 0) is 31.4 Å². The summed E-state index contributed by atoms with van der Waals surface area (Å²) in [7, 11) is 0. The summed E-state index contributed by atoms with van der Waals surface area (Å²) >= 11 is 0. The van der Waals surface area contributed by atoms with Crippen LogP contribution in [0.25, 0.3) is 0 Å². The molecule has 1 unspecified atom stereocenters. The molecular formula is C17H18O2. The number of aryl methyl sites for hydroxylation is 1. The van der Waals surface area contributed by atoms with Crippen LogP contribution in [-0.4, -0.2) is 11.1 Å². The van der Waals surface area contributed by atoms with Gasteiger partial charge in [-0.25, -0.2) is 0 Å². The van der Waals surface area contributed by atoms with Gasteiger partial charge in [-0.2, -0.15) is 0 Å². The van der Waals surface area contributed by atoms with Crippen molar-refractivity contribution in [3.63, 3.8) is 0 Å². The van der Waals surface area contributed by atoms with E-state index in [2.05, 4.69) is 0 Å². The van der Waals surface area contributed by atoms with Gasteiger partial charge in [0.05, 0.1) is 5.41 Å². The average molecular weight is 254 g/mol. The Hall–Kier alpha value is -2.09. The highest BCUT2D eigenvalue weighted by Gasteiger charge is 2.35. The van der Waals surface area contributed by atoms with Crippen LogP contribution in [0.15, 0.2) is 54.6 Å². The Morgan fingerprint density at radius 2 is 1.63 bits per heavy atom. The molecule has 1 atom stereocenters. The van der Waals surface area contributed by atoms with E-state index in [0.717, 1.165) is 11.1 Å². The number of benzene rings is 2. The Morgan fingerprint density at radius 1 is 1.05 bits per heavy atom. The maximum atomic E-state index is 11.7. The van der Waals surface area contributed by atoms with E-state index in [4.69, 9.17) is 0 Å². The van der Waals surface area contributed by atoms with Crippen molar-refractivity contribution in [2.45, 2.75) is 25.7 Å². The monoisotopic (exact) mass is 254 g/mol. The van der Waals surface area contributed by atoms with Gasteiger partial charge >= 0.3 is 5.97 Å². The first-order valence-electron chi connectivity index (χ1n) is 6.37. The molecule has 0 aromatic heterocycles. The van der Waals surface area contributed by atoms with Crippen LogP contribution in [0.4, 0.5) is 0 Å². The second kappa shape index (κ2) is 5.27. The topological polar surface area (TPSA) is 37.3 Å². The fraction of sp³-hybridized carbons (Fsp3) is 0.235. The Kier molecular flexibility index (Phi) is 3.70. The predicted molar refractivity (Wildman–Crippen MR) is 76.3 cm³/mol. The highest BCUT2D eigenvalue weighted by molar-refractivity contribution is 5.81. The summed E-state index contributed by atoms with van der Waals surface area (Å²) in [5.74, 6) is -0.792. The number of hydrogen-bond donors (Lipinski definition) is 1. The zero-order valence-corrected chi connectivity index (χ0v) is 11.3. The SMILES string of the molecule is Cc1ccc(CC(C)(C(=O)O)c2ccccc2)cc1. The van der Waals surface area contributed by atoms with Gasteiger partial charge in [0.25, 0.3) is 0 Å². The summed E-state index contributed by atoms with van der Waals surface area (Å²) < 4.78 is 0. The lowest BCUT2D eigenvalue weighted by Crippen LogP contribution is -2.34. The van der Waals surface area contributed by atoms with E-state index in [1.165, 1.54) is 5.56 Å². The van der Waals surface area contributed by atoms with Crippen molar-refractivity contribution in [1.29, 1.82) is 0 Å². The van der Waals surface area contributed by atoms with E-state index < -0.39 is 11.4 Å². The molecular weight excluding hydrogens is 236 g/mol. The molecule has 0 spiro atoms. The van der Waals surface area contributed by atoms with Gasteiger partial charge in [-0.15, -0.1) is 0 Å². The molecule has 0 aliphatic rings. The minimum Gasteiger partial charge on any atom is -0.481 e. The number of carbonyl (C=O) groups is 1. The van der Waals surface area contributed by atoms with Crippen molar-refractivity contribution in [2.24, 2.45) is 0 Å². The van der Waals surface area contributed by atoms with Crippen LogP contribution in [0.3, 0.4) is 0 Å². The normalized spacial score (nSPS) is 13.8. The molecule has 2 nitrogen and oxygen atoms in total. The molecule has 0 amide bonds. The molecule has 0 saturated carbocycles. The van der Waals surface area contributed by atoms with Gasteiger partial charge in [0, 0.05) is 0 Å². The highest BCUT2D eigenvalue weighted by atomic mass is 16.4. The van der Waals surface area contributed by atoms with Gasteiger partial charge in [-0.1, -0.05) is 60.2 Å². The van der Waals surface area contributed by atoms with Crippen molar-refractivity contribution in [3.8, 4) is 0 Å². The van der Waals surface area contributed by atoms with E-state index in [9.17, 15) is 9.90 Å². The molecule has 2 aromatic carbocycles. The summed E-state index contributed by atoms with van der Waals surface area (Å²) in [5.41, 5.74) is 2.17. The van der Waals surface area contributed by atoms with Gasteiger partial charge in [0.15, 0.2) is 0 Å². The van der Waals surface area contributed by atoms with Crippen LogP contribution in [0.1, 0.15) is 23.6 Å². The lowest BCUT2D eigenvalue weighted by Gasteiger charge is -2.25. The fourth-order valence-electron chi connectivity index (χ4n) is 2.22. The third kappa shape index (κ3) is 2.84. The van der Waals surface area contributed by atoms with Gasteiger partial charge in [0.1, 0.15) is 0 Å². The molecule has 19 heavy (non-hydrogen) atoms. The van der Waals surface area contributed by atoms with Crippen molar-refractivity contribution >= 4 is 5.97 Å². The average Bonchev–Trinajstić information content (AvgIpc) is 2.42. The predicted octanol–water partition coefficient (Wildman–Crippen LogP) is 3.58. The second-order valence-electron chi connectivity index (χ2n) is 5.17. The standard InChI is InChI=1S/C17H18O2/c1-13-8-10-14(11-9-13)12-17(2,16(18)19)15-6-4-3-5-7-15/h3-11H,12H2,1-2H3,(H,18,19). The van der Waals surface area contributed by atoms with E-state index in [1.807, 2.05) is 61.5 Å². The molecule has 0 radical (unpaired) electrons. The lowest BCUT2D eigenvalue weighted by molar-refractivity contribution is -0.143. The smallest absolute Gasteiger partial charge is 0.314 e.